The molecule has 0 aromatic rings. The first-order chi connectivity index (χ1) is 10.3. The first-order valence-corrected chi connectivity index (χ1v) is 8.24. The van der Waals surface area contributed by atoms with Crippen LogP contribution in [0.5, 0.6) is 0 Å². The quantitative estimate of drug-likeness (QED) is 0.749. The van der Waals surface area contributed by atoms with Gasteiger partial charge in [0.1, 0.15) is 0 Å². The molecule has 0 aromatic heterocycles. The summed E-state index contributed by atoms with van der Waals surface area (Å²) in [6.07, 6.45) is 7.92. The molecular formula is C17H25NO3. The van der Waals surface area contributed by atoms with Gasteiger partial charge in [-0.1, -0.05) is 6.08 Å². The van der Waals surface area contributed by atoms with E-state index in [9.17, 15) is 4.79 Å². The fraction of sp³-hybridized carbons (Fsp3) is 0.706. The summed E-state index contributed by atoms with van der Waals surface area (Å²) in [6, 6.07) is 0. The summed E-state index contributed by atoms with van der Waals surface area (Å²) in [5.41, 5.74) is 3.48. The Morgan fingerprint density at radius 3 is 2.95 bits per heavy atom. The molecule has 21 heavy (non-hydrogen) atoms. The van der Waals surface area contributed by atoms with Gasteiger partial charge in [0.2, 0.25) is 0 Å². The zero-order valence-electron chi connectivity index (χ0n) is 12.9. The van der Waals surface area contributed by atoms with Crippen LogP contribution in [0.4, 0.5) is 0 Å². The molecule has 4 heteroatoms. The van der Waals surface area contributed by atoms with Gasteiger partial charge in [0.25, 0.3) is 0 Å². The molecule has 1 saturated carbocycles. The summed E-state index contributed by atoms with van der Waals surface area (Å²) < 4.78 is 10.8. The summed E-state index contributed by atoms with van der Waals surface area (Å²) in [7, 11) is 0. The van der Waals surface area contributed by atoms with Crippen molar-refractivity contribution in [2.24, 2.45) is 5.92 Å². The average Bonchev–Trinajstić information content (AvgIpc) is 2.88. The Bertz CT molecular complexity index is 461. The molecule has 0 unspecified atom stereocenters. The topological polar surface area (TPSA) is 38.8 Å². The molecule has 1 aliphatic heterocycles. The van der Waals surface area contributed by atoms with Crippen molar-refractivity contribution in [3.63, 3.8) is 0 Å². The van der Waals surface area contributed by atoms with Crippen molar-refractivity contribution in [1.29, 1.82) is 0 Å². The molecular weight excluding hydrogens is 266 g/mol. The van der Waals surface area contributed by atoms with Crippen molar-refractivity contribution in [3.8, 4) is 0 Å². The van der Waals surface area contributed by atoms with E-state index in [1.165, 1.54) is 30.5 Å². The smallest absolute Gasteiger partial charge is 0.339 e. The third kappa shape index (κ3) is 3.00. The first-order valence-electron chi connectivity index (χ1n) is 8.24. The summed E-state index contributed by atoms with van der Waals surface area (Å²) in [4.78, 5) is 14.8. The van der Waals surface area contributed by atoms with Crippen molar-refractivity contribution in [2.45, 2.75) is 39.0 Å². The summed E-state index contributed by atoms with van der Waals surface area (Å²) in [5, 5.41) is 0. The molecule has 2 fully saturated rings. The Labute approximate surface area is 126 Å². The van der Waals surface area contributed by atoms with Crippen LogP contribution in [0.15, 0.2) is 22.9 Å². The number of allylic oxidation sites excluding steroid dienone is 2. The van der Waals surface area contributed by atoms with Gasteiger partial charge < -0.3 is 14.4 Å². The standard InChI is InChI=1S/C17H25NO3/c1-2-21-17(19)15-8-4-6-13-5-3-7-14(13)16(15)18-9-11-20-12-10-18/h8,13H,2-7,9-12H2,1H3/t13-/m0/s1. The van der Waals surface area contributed by atoms with Gasteiger partial charge >= 0.3 is 5.97 Å². The van der Waals surface area contributed by atoms with E-state index in [4.69, 9.17) is 9.47 Å². The molecule has 1 heterocycles. The second-order valence-electron chi connectivity index (χ2n) is 5.98. The van der Waals surface area contributed by atoms with Crippen molar-refractivity contribution < 1.29 is 14.3 Å². The Balaban J connectivity index is 1.97. The van der Waals surface area contributed by atoms with Crippen molar-refractivity contribution in [3.05, 3.63) is 22.9 Å². The molecule has 4 nitrogen and oxygen atoms in total. The maximum Gasteiger partial charge on any atom is 0.339 e. The maximum absolute atomic E-state index is 12.4. The number of nitrogens with zero attached hydrogens (tertiary/aromatic N) is 1. The minimum Gasteiger partial charge on any atom is -0.462 e. The molecule has 0 amide bonds. The van der Waals surface area contributed by atoms with Crippen LogP contribution >= 0.6 is 0 Å². The van der Waals surface area contributed by atoms with Gasteiger partial charge in [0.15, 0.2) is 0 Å². The van der Waals surface area contributed by atoms with Crippen LogP contribution in [0.3, 0.4) is 0 Å². The molecule has 116 valence electrons. The highest BCUT2D eigenvalue weighted by Gasteiger charge is 2.33. The predicted molar refractivity (Wildman–Crippen MR) is 80.7 cm³/mol. The zero-order valence-corrected chi connectivity index (χ0v) is 12.9. The minimum atomic E-state index is -0.154. The summed E-state index contributed by atoms with van der Waals surface area (Å²) in [5.74, 6) is 0.505. The monoisotopic (exact) mass is 291 g/mol. The third-order valence-electron chi connectivity index (χ3n) is 4.74. The molecule has 0 bridgehead atoms. The molecule has 0 N–H and O–H groups in total. The molecule has 3 aliphatic rings. The van der Waals surface area contributed by atoms with Crippen LogP contribution in [-0.2, 0) is 14.3 Å². The lowest BCUT2D eigenvalue weighted by molar-refractivity contribution is -0.138. The number of hydrogen-bond donors (Lipinski definition) is 0. The normalized spacial score (nSPS) is 26.2. The fourth-order valence-electron chi connectivity index (χ4n) is 3.80. The number of fused-ring (bicyclic) bond motifs is 1. The largest absolute Gasteiger partial charge is 0.462 e. The number of hydrogen-bond acceptors (Lipinski definition) is 4. The lowest BCUT2D eigenvalue weighted by Gasteiger charge is -2.33. The summed E-state index contributed by atoms with van der Waals surface area (Å²) in [6.45, 7) is 5.56. The second-order valence-corrected chi connectivity index (χ2v) is 5.98. The van der Waals surface area contributed by atoms with Gasteiger partial charge in [0.05, 0.1) is 31.1 Å². The molecule has 0 radical (unpaired) electrons. The highest BCUT2D eigenvalue weighted by atomic mass is 16.5. The number of esters is 1. The Kier molecular flexibility index (Phi) is 4.63. The fourth-order valence-corrected chi connectivity index (χ4v) is 3.80. The van der Waals surface area contributed by atoms with E-state index in [1.54, 1.807) is 0 Å². The molecule has 3 rings (SSSR count). The van der Waals surface area contributed by atoms with E-state index in [-0.39, 0.29) is 5.97 Å². The van der Waals surface area contributed by atoms with Crippen LogP contribution in [-0.4, -0.2) is 43.8 Å². The third-order valence-corrected chi connectivity index (χ3v) is 4.74. The van der Waals surface area contributed by atoms with Crippen LogP contribution in [0.1, 0.15) is 39.0 Å². The van der Waals surface area contributed by atoms with E-state index in [1.807, 2.05) is 6.92 Å². The van der Waals surface area contributed by atoms with Crippen molar-refractivity contribution in [1.82, 2.24) is 4.90 Å². The van der Waals surface area contributed by atoms with Crippen LogP contribution in [0.2, 0.25) is 0 Å². The number of rotatable bonds is 3. The highest BCUT2D eigenvalue weighted by Crippen LogP contribution is 2.42. The van der Waals surface area contributed by atoms with E-state index in [2.05, 4.69) is 11.0 Å². The molecule has 0 aromatic carbocycles. The lowest BCUT2D eigenvalue weighted by atomic mass is 9.96. The Morgan fingerprint density at radius 1 is 1.38 bits per heavy atom. The van der Waals surface area contributed by atoms with Crippen LogP contribution in [0, 0.1) is 5.92 Å². The van der Waals surface area contributed by atoms with Gasteiger partial charge in [-0.2, -0.15) is 0 Å². The van der Waals surface area contributed by atoms with E-state index in [0.29, 0.717) is 12.5 Å². The molecule has 2 aliphatic carbocycles. The number of carbonyl (C=O) groups is 1. The predicted octanol–water partition coefficient (Wildman–Crippen LogP) is 2.66. The van der Waals surface area contributed by atoms with Gasteiger partial charge in [0, 0.05) is 13.1 Å². The van der Waals surface area contributed by atoms with Crippen molar-refractivity contribution >= 4 is 5.97 Å². The number of ether oxygens (including phenoxy) is 2. The van der Waals surface area contributed by atoms with Gasteiger partial charge in [-0.05, 0) is 50.5 Å². The lowest BCUT2D eigenvalue weighted by Crippen LogP contribution is -2.38. The Hall–Kier alpha value is -1.29. The first kappa shape index (κ1) is 14.6. The summed E-state index contributed by atoms with van der Waals surface area (Å²) >= 11 is 0. The van der Waals surface area contributed by atoms with Crippen LogP contribution < -0.4 is 0 Å². The van der Waals surface area contributed by atoms with E-state index in [0.717, 1.165) is 44.7 Å². The minimum absolute atomic E-state index is 0.154. The Morgan fingerprint density at radius 2 is 2.19 bits per heavy atom. The second kappa shape index (κ2) is 6.65. The van der Waals surface area contributed by atoms with Crippen molar-refractivity contribution in [2.75, 3.05) is 32.9 Å². The highest BCUT2D eigenvalue weighted by molar-refractivity contribution is 5.93. The van der Waals surface area contributed by atoms with Gasteiger partial charge in [-0.25, -0.2) is 4.79 Å². The van der Waals surface area contributed by atoms with E-state index < -0.39 is 0 Å². The molecule has 1 atom stereocenters. The zero-order chi connectivity index (χ0) is 14.7. The number of morpholine rings is 1. The SMILES string of the molecule is CCOC(=O)C1=CCC[C@@H]2CCCC2=C1N1CCOCC1. The average molecular weight is 291 g/mol. The molecule has 1 saturated heterocycles. The van der Waals surface area contributed by atoms with Gasteiger partial charge in [-0.15, -0.1) is 0 Å². The van der Waals surface area contributed by atoms with E-state index >= 15 is 0 Å². The van der Waals surface area contributed by atoms with Crippen LogP contribution in [0.25, 0.3) is 0 Å². The maximum atomic E-state index is 12.4. The van der Waals surface area contributed by atoms with Gasteiger partial charge in [-0.3, -0.25) is 0 Å². The molecule has 0 spiro atoms. The number of carbonyl (C=O) groups excluding carboxylic acids is 1.